The Morgan fingerprint density at radius 2 is 1.91 bits per heavy atom. The molecule has 0 bridgehead atoms. The van der Waals surface area contributed by atoms with Gasteiger partial charge in [-0.15, -0.1) is 0 Å². The summed E-state index contributed by atoms with van der Waals surface area (Å²) >= 11 is 0. The monoisotopic (exact) mass is 322 g/mol. The average Bonchev–Trinajstić information content (AvgIpc) is 2.64. The van der Waals surface area contributed by atoms with E-state index < -0.39 is 28.1 Å². The van der Waals surface area contributed by atoms with Gasteiger partial charge in [-0.25, -0.2) is 8.61 Å². The van der Waals surface area contributed by atoms with E-state index in [2.05, 4.69) is 0 Å². The van der Waals surface area contributed by atoms with Crippen LogP contribution < -0.4 is 0 Å². The Hall–Kier alpha value is -2.15. The first-order chi connectivity index (χ1) is 10.4. The first kappa shape index (κ1) is 16.2. The number of benzene rings is 1. The highest BCUT2D eigenvalue weighted by molar-refractivity contribution is 7.88. The third kappa shape index (κ3) is 2.89. The fourth-order valence-electron chi connectivity index (χ4n) is 2.42. The molecule has 118 valence electrons. The van der Waals surface area contributed by atoms with Gasteiger partial charge >= 0.3 is 10.2 Å². The van der Waals surface area contributed by atoms with E-state index in [0.717, 1.165) is 16.8 Å². The van der Waals surface area contributed by atoms with Crippen molar-refractivity contribution in [3.8, 4) is 0 Å². The Morgan fingerprint density at radius 1 is 1.27 bits per heavy atom. The zero-order valence-corrected chi connectivity index (χ0v) is 13.3. The minimum absolute atomic E-state index is 0.0628. The SMILES string of the molecule is C/C=C/CN1C(=O)[C@H](Cc2ccccc2)N(C(C)=O)S1(=O)=O. The summed E-state index contributed by atoms with van der Waals surface area (Å²) in [5, 5.41) is 0. The molecule has 1 aliphatic rings. The molecule has 6 nitrogen and oxygen atoms in total. The van der Waals surface area contributed by atoms with Crippen LogP contribution in [-0.4, -0.2) is 41.4 Å². The van der Waals surface area contributed by atoms with Crippen molar-refractivity contribution in [2.24, 2.45) is 0 Å². The Morgan fingerprint density at radius 3 is 2.45 bits per heavy atom. The van der Waals surface area contributed by atoms with Crippen LogP contribution in [0.5, 0.6) is 0 Å². The number of amides is 2. The maximum absolute atomic E-state index is 12.5. The molecule has 1 saturated heterocycles. The van der Waals surface area contributed by atoms with Gasteiger partial charge in [0.25, 0.3) is 5.91 Å². The molecular formula is C15H18N2O4S. The Balaban J connectivity index is 2.38. The molecule has 2 rings (SSSR count). The van der Waals surface area contributed by atoms with Crippen LogP contribution in [-0.2, 0) is 26.2 Å². The van der Waals surface area contributed by atoms with Crippen molar-refractivity contribution in [3.05, 3.63) is 48.0 Å². The van der Waals surface area contributed by atoms with Crippen molar-refractivity contribution in [3.63, 3.8) is 0 Å². The maximum Gasteiger partial charge on any atom is 0.331 e. The highest BCUT2D eigenvalue weighted by atomic mass is 32.2. The number of rotatable bonds is 4. The number of carbonyl (C=O) groups is 2. The normalized spacial score (nSPS) is 20.8. The molecule has 1 heterocycles. The number of carbonyl (C=O) groups excluding carboxylic acids is 2. The predicted molar refractivity (Wildman–Crippen MR) is 81.9 cm³/mol. The first-order valence-electron chi connectivity index (χ1n) is 6.91. The second-order valence-corrected chi connectivity index (χ2v) is 6.70. The van der Waals surface area contributed by atoms with Crippen molar-refractivity contribution < 1.29 is 18.0 Å². The summed E-state index contributed by atoms with van der Waals surface area (Å²) in [6, 6.07) is 8.02. The van der Waals surface area contributed by atoms with Crippen LogP contribution in [0.25, 0.3) is 0 Å². The minimum atomic E-state index is -4.10. The highest BCUT2D eigenvalue weighted by Gasteiger charge is 2.51. The molecule has 1 aromatic rings. The lowest BCUT2D eigenvalue weighted by atomic mass is 10.1. The van der Waals surface area contributed by atoms with Crippen LogP contribution in [0.2, 0.25) is 0 Å². The quantitative estimate of drug-likeness (QED) is 0.778. The molecule has 0 aromatic heterocycles. The van der Waals surface area contributed by atoms with Crippen LogP contribution >= 0.6 is 0 Å². The van der Waals surface area contributed by atoms with Crippen LogP contribution in [0.15, 0.2) is 42.5 Å². The van der Waals surface area contributed by atoms with E-state index in [0.29, 0.717) is 4.31 Å². The van der Waals surface area contributed by atoms with Gasteiger partial charge in [0.1, 0.15) is 6.04 Å². The molecule has 7 heteroatoms. The van der Waals surface area contributed by atoms with Crippen molar-refractivity contribution in [1.29, 1.82) is 0 Å². The summed E-state index contributed by atoms with van der Waals surface area (Å²) < 4.78 is 26.3. The number of nitrogens with zero attached hydrogens (tertiary/aromatic N) is 2. The molecule has 0 aliphatic carbocycles. The minimum Gasteiger partial charge on any atom is -0.274 e. The van der Waals surface area contributed by atoms with Crippen molar-refractivity contribution in [2.75, 3.05) is 6.54 Å². The molecule has 0 N–H and O–H groups in total. The third-order valence-corrected chi connectivity index (χ3v) is 5.32. The molecule has 0 saturated carbocycles. The smallest absolute Gasteiger partial charge is 0.274 e. The molecule has 1 fully saturated rings. The summed E-state index contributed by atoms with van der Waals surface area (Å²) in [5.74, 6) is -1.23. The summed E-state index contributed by atoms with van der Waals surface area (Å²) in [6.45, 7) is 2.83. The van der Waals surface area contributed by atoms with Gasteiger partial charge in [-0.3, -0.25) is 9.59 Å². The second kappa shape index (κ2) is 6.31. The molecule has 0 unspecified atom stereocenters. The summed E-state index contributed by atoms with van der Waals surface area (Å²) in [4.78, 5) is 24.2. The van der Waals surface area contributed by atoms with Crippen LogP contribution in [0.4, 0.5) is 0 Å². The Kier molecular flexibility index (Phi) is 4.65. The summed E-state index contributed by atoms with van der Waals surface area (Å²) in [7, 11) is -4.10. The van der Waals surface area contributed by atoms with Crippen LogP contribution in [0.3, 0.4) is 0 Å². The van der Waals surface area contributed by atoms with Gasteiger partial charge < -0.3 is 0 Å². The van der Waals surface area contributed by atoms with Gasteiger partial charge in [-0.05, 0) is 12.5 Å². The molecule has 22 heavy (non-hydrogen) atoms. The molecule has 0 radical (unpaired) electrons. The Bertz CT molecular complexity index is 698. The van der Waals surface area contributed by atoms with E-state index in [1.807, 2.05) is 6.07 Å². The third-order valence-electron chi connectivity index (χ3n) is 3.43. The Labute approximate surface area is 130 Å². The fraction of sp³-hybridized carbons (Fsp3) is 0.333. The topological polar surface area (TPSA) is 74.8 Å². The zero-order valence-electron chi connectivity index (χ0n) is 12.5. The molecule has 1 aliphatic heterocycles. The van der Waals surface area contributed by atoms with E-state index in [9.17, 15) is 18.0 Å². The van der Waals surface area contributed by atoms with E-state index in [-0.39, 0.29) is 13.0 Å². The number of hydrogen-bond acceptors (Lipinski definition) is 4. The average molecular weight is 322 g/mol. The van der Waals surface area contributed by atoms with Crippen LogP contribution in [0, 0.1) is 0 Å². The van der Waals surface area contributed by atoms with Gasteiger partial charge in [-0.1, -0.05) is 42.5 Å². The van der Waals surface area contributed by atoms with Crippen molar-refractivity contribution in [1.82, 2.24) is 8.61 Å². The molecule has 2 amide bonds. The summed E-state index contributed by atoms with van der Waals surface area (Å²) in [6.07, 6.45) is 3.40. The van der Waals surface area contributed by atoms with Gasteiger partial charge in [0.2, 0.25) is 5.91 Å². The van der Waals surface area contributed by atoms with E-state index in [1.54, 1.807) is 43.3 Å². The largest absolute Gasteiger partial charge is 0.331 e. The molecular weight excluding hydrogens is 304 g/mol. The van der Waals surface area contributed by atoms with Crippen LogP contribution in [0.1, 0.15) is 19.4 Å². The lowest BCUT2D eigenvalue weighted by Crippen LogP contribution is -2.40. The van der Waals surface area contributed by atoms with Gasteiger partial charge in [0, 0.05) is 13.3 Å². The lowest BCUT2D eigenvalue weighted by molar-refractivity contribution is -0.133. The van der Waals surface area contributed by atoms with E-state index >= 15 is 0 Å². The second-order valence-electron chi connectivity index (χ2n) is 4.97. The standard InChI is InChI=1S/C15H18N2O4S/c1-3-4-10-16-15(19)14(11-13-8-6-5-7-9-13)17(12(2)18)22(16,20)21/h3-9,14H,10-11H2,1-2H3/b4-3+/t14-/m0/s1. The van der Waals surface area contributed by atoms with Gasteiger partial charge in [-0.2, -0.15) is 8.42 Å². The number of allylic oxidation sites excluding steroid dienone is 1. The van der Waals surface area contributed by atoms with E-state index in [4.69, 9.17) is 0 Å². The predicted octanol–water partition coefficient (Wildman–Crippen LogP) is 1.11. The fourth-order valence-corrected chi connectivity index (χ4v) is 4.07. The van der Waals surface area contributed by atoms with E-state index in [1.165, 1.54) is 0 Å². The molecule has 0 spiro atoms. The van der Waals surface area contributed by atoms with Gasteiger partial charge in [0.15, 0.2) is 0 Å². The maximum atomic E-state index is 12.5. The zero-order chi connectivity index (χ0) is 16.3. The van der Waals surface area contributed by atoms with Crippen molar-refractivity contribution in [2.45, 2.75) is 26.3 Å². The highest BCUT2D eigenvalue weighted by Crippen LogP contribution is 2.26. The lowest BCUT2D eigenvalue weighted by Gasteiger charge is -2.19. The first-order valence-corrected chi connectivity index (χ1v) is 8.31. The van der Waals surface area contributed by atoms with Gasteiger partial charge in [0.05, 0.1) is 6.54 Å². The number of hydrogen-bond donors (Lipinski definition) is 0. The summed E-state index contributed by atoms with van der Waals surface area (Å²) in [5.41, 5.74) is 0.801. The van der Waals surface area contributed by atoms with Crippen molar-refractivity contribution >= 4 is 22.0 Å². The molecule has 1 aromatic carbocycles. The molecule has 1 atom stereocenters.